The maximum atomic E-state index is 13.0. The normalized spacial score (nSPS) is 16.2. The fourth-order valence-electron chi connectivity index (χ4n) is 3.27. The molecule has 1 aliphatic rings. The van der Waals surface area contributed by atoms with Crippen molar-refractivity contribution >= 4 is 45.6 Å². The van der Waals surface area contributed by atoms with Crippen molar-refractivity contribution in [2.45, 2.75) is 25.7 Å². The highest BCUT2D eigenvalue weighted by molar-refractivity contribution is 7.15. The molecule has 2 heterocycles. The number of rotatable bonds is 5. The van der Waals surface area contributed by atoms with Gasteiger partial charge in [0, 0.05) is 29.6 Å². The predicted octanol–water partition coefficient (Wildman–Crippen LogP) is 4.34. The fourth-order valence-corrected chi connectivity index (χ4v) is 4.30. The van der Waals surface area contributed by atoms with Crippen molar-refractivity contribution in [3.63, 3.8) is 0 Å². The van der Waals surface area contributed by atoms with Crippen molar-refractivity contribution in [2.75, 3.05) is 16.8 Å². The number of halogens is 2. The first-order valence-corrected chi connectivity index (χ1v) is 10.5. The topological polar surface area (TPSA) is 75.2 Å². The van der Waals surface area contributed by atoms with Gasteiger partial charge in [-0.05, 0) is 42.3 Å². The van der Waals surface area contributed by atoms with Crippen LogP contribution in [-0.2, 0) is 16.0 Å². The van der Waals surface area contributed by atoms with Gasteiger partial charge in [-0.3, -0.25) is 9.59 Å². The van der Waals surface area contributed by atoms with Crippen molar-refractivity contribution in [2.24, 2.45) is 0 Å². The Labute approximate surface area is 181 Å². The average molecular weight is 445 g/mol. The van der Waals surface area contributed by atoms with Gasteiger partial charge in [-0.15, -0.1) is 10.2 Å². The number of carbonyl (C=O) groups excluding carboxylic acids is 2. The van der Waals surface area contributed by atoms with E-state index in [1.54, 1.807) is 23.1 Å². The lowest BCUT2D eigenvalue weighted by Gasteiger charge is -2.17. The zero-order chi connectivity index (χ0) is 21.3. The Morgan fingerprint density at radius 3 is 2.77 bits per heavy atom. The number of amides is 2. The maximum Gasteiger partial charge on any atom is 0.230 e. The van der Waals surface area contributed by atoms with E-state index in [4.69, 9.17) is 11.6 Å². The van der Waals surface area contributed by atoms with E-state index in [2.05, 4.69) is 15.5 Å². The summed E-state index contributed by atoms with van der Waals surface area (Å²) >= 11 is 7.45. The summed E-state index contributed by atoms with van der Waals surface area (Å²) in [6.45, 7) is 2.39. The Morgan fingerprint density at radius 1 is 1.27 bits per heavy atom. The van der Waals surface area contributed by atoms with Crippen LogP contribution in [0.5, 0.6) is 0 Å². The molecule has 6 nitrogen and oxygen atoms in total. The molecule has 0 bridgehead atoms. The van der Waals surface area contributed by atoms with Gasteiger partial charge in [0.15, 0.2) is 0 Å². The van der Waals surface area contributed by atoms with E-state index in [0.29, 0.717) is 33.7 Å². The largest absolute Gasteiger partial charge is 0.312 e. The van der Waals surface area contributed by atoms with Crippen LogP contribution in [0.4, 0.5) is 15.2 Å². The lowest BCUT2D eigenvalue weighted by molar-refractivity contribution is -0.117. The molecule has 0 radical (unpaired) electrons. The molecule has 1 fully saturated rings. The van der Waals surface area contributed by atoms with Crippen LogP contribution in [0.3, 0.4) is 0 Å². The third-order valence-corrected chi connectivity index (χ3v) is 6.31. The molecule has 0 spiro atoms. The fraction of sp³-hybridized carbons (Fsp3) is 0.238. The average Bonchev–Trinajstić information content (AvgIpc) is 3.32. The van der Waals surface area contributed by atoms with Crippen molar-refractivity contribution in [3.8, 4) is 0 Å². The van der Waals surface area contributed by atoms with E-state index in [1.807, 2.05) is 19.1 Å². The molecular formula is C21H18ClFN4O2S. The zero-order valence-corrected chi connectivity index (χ0v) is 17.6. The SMILES string of the molecule is Cc1ccc(N2C[C@@H](c3nnc(NC(=O)Cc4ccc(F)cc4)s3)CC2=O)cc1Cl. The highest BCUT2D eigenvalue weighted by Gasteiger charge is 2.34. The van der Waals surface area contributed by atoms with Gasteiger partial charge >= 0.3 is 0 Å². The monoisotopic (exact) mass is 444 g/mol. The van der Waals surface area contributed by atoms with Crippen LogP contribution >= 0.6 is 22.9 Å². The lowest BCUT2D eigenvalue weighted by atomic mass is 10.1. The van der Waals surface area contributed by atoms with Gasteiger partial charge in [-0.1, -0.05) is 41.1 Å². The van der Waals surface area contributed by atoms with Crippen molar-refractivity contribution in [1.29, 1.82) is 0 Å². The first-order chi connectivity index (χ1) is 14.4. The number of carbonyl (C=O) groups is 2. The first-order valence-electron chi connectivity index (χ1n) is 9.33. The van der Waals surface area contributed by atoms with Gasteiger partial charge in [0.05, 0.1) is 6.42 Å². The summed E-state index contributed by atoms with van der Waals surface area (Å²) in [4.78, 5) is 26.4. The van der Waals surface area contributed by atoms with Gasteiger partial charge in [-0.25, -0.2) is 4.39 Å². The summed E-state index contributed by atoms with van der Waals surface area (Å²) in [6.07, 6.45) is 0.433. The first kappa shape index (κ1) is 20.4. The summed E-state index contributed by atoms with van der Waals surface area (Å²) in [7, 11) is 0. The molecule has 1 aromatic heterocycles. The molecule has 30 heavy (non-hydrogen) atoms. The lowest BCUT2D eigenvalue weighted by Crippen LogP contribution is -2.24. The summed E-state index contributed by atoms with van der Waals surface area (Å²) in [6, 6.07) is 11.3. The van der Waals surface area contributed by atoms with Crippen molar-refractivity contribution in [3.05, 3.63) is 69.4 Å². The molecular weight excluding hydrogens is 427 g/mol. The minimum atomic E-state index is -0.346. The maximum absolute atomic E-state index is 13.0. The Balaban J connectivity index is 1.40. The number of nitrogens with zero attached hydrogens (tertiary/aromatic N) is 3. The van der Waals surface area contributed by atoms with Crippen LogP contribution in [0.1, 0.15) is 28.5 Å². The number of anilines is 2. The molecule has 2 amide bonds. The second-order valence-electron chi connectivity index (χ2n) is 7.14. The van der Waals surface area contributed by atoms with Gasteiger partial charge in [0.2, 0.25) is 16.9 Å². The highest BCUT2D eigenvalue weighted by Crippen LogP contribution is 2.35. The van der Waals surface area contributed by atoms with Crippen LogP contribution in [0.2, 0.25) is 5.02 Å². The molecule has 0 unspecified atom stereocenters. The minimum absolute atomic E-state index is 0.00276. The van der Waals surface area contributed by atoms with Gasteiger partial charge in [-0.2, -0.15) is 0 Å². The molecule has 0 aliphatic carbocycles. The molecule has 154 valence electrons. The molecule has 9 heteroatoms. The van der Waals surface area contributed by atoms with Gasteiger partial charge < -0.3 is 10.2 Å². The number of aromatic nitrogens is 2. The summed E-state index contributed by atoms with van der Waals surface area (Å²) in [5, 5.41) is 12.6. The zero-order valence-electron chi connectivity index (χ0n) is 16.1. The minimum Gasteiger partial charge on any atom is -0.312 e. The summed E-state index contributed by atoms with van der Waals surface area (Å²) < 4.78 is 13.0. The Hall–Kier alpha value is -2.84. The standard InChI is InChI=1S/C21H18ClFN4O2S/c1-12-2-7-16(10-17(12)22)27-11-14(9-19(27)29)20-25-26-21(30-20)24-18(28)8-13-3-5-15(23)6-4-13/h2-7,10,14H,8-9,11H2,1H3,(H,24,26,28)/t14-/m0/s1. The second-order valence-corrected chi connectivity index (χ2v) is 8.55. The van der Waals surface area contributed by atoms with Gasteiger partial charge in [0.25, 0.3) is 0 Å². The number of nitrogens with one attached hydrogen (secondary N) is 1. The van der Waals surface area contributed by atoms with Crippen LogP contribution in [-0.4, -0.2) is 28.6 Å². The third-order valence-electron chi connectivity index (χ3n) is 4.91. The van der Waals surface area contributed by atoms with E-state index >= 15 is 0 Å². The van der Waals surface area contributed by atoms with Crippen molar-refractivity contribution in [1.82, 2.24) is 10.2 Å². The Bertz CT molecular complexity index is 1100. The molecule has 3 aromatic rings. The summed E-state index contributed by atoms with van der Waals surface area (Å²) in [5.41, 5.74) is 2.41. The van der Waals surface area contributed by atoms with Crippen LogP contribution in [0, 0.1) is 12.7 Å². The van der Waals surface area contributed by atoms with Crippen LogP contribution in [0.15, 0.2) is 42.5 Å². The second kappa shape index (κ2) is 8.49. The van der Waals surface area contributed by atoms with E-state index in [0.717, 1.165) is 11.3 Å². The summed E-state index contributed by atoms with van der Waals surface area (Å²) in [5.74, 6) is -0.710. The number of hydrogen-bond acceptors (Lipinski definition) is 5. The number of hydrogen-bond donors (Lipinski definition) is 1. The molecule has 1 saturated heterocycles. The molecule has 1 aliphatic heterocycles. The quantitative estimate of drug-likeness (QED) is 0.635. The Morgan fingerprint density at radius 2 is 2.03 bits per heavy atom. The van der Waals surface area contributed by atoms with E-state index in [9.17, 15) is 14.0 Å². The number of benzene rings is 2. The van der Waals surface area contributed by atoms with Crippen LogP contribution in [0.25, 0.3) is 0 Å². The van der Waals surface area contributed by atoms with E-state index in [1.165, 1.54) is 23.5 Å². The predicted molar refractivity (Wildman–Crippen MR) is 115 cm³/mol. The van der Waals surface area contributed by atoms with E-state index in [-0.39, 0.29) is 30.0 Å². The molecule has 4 rings (SSSR count). The molecule has 0 saturated carbocycles. The smallest absolute Gasteiger partial charge is 0.230 e. The van der Waals surface area contributed by atoms with Crippen molar-refractivity contribution < 1.29 is 14.0 Å². The van der Waals surface area contributed by atoms with Crippen LogP contribution < -0.4 is 10.2 Å². The van der Waals surface area contributed by atoms with E-state index < -0.39 is 0 Å². The molecule has 2 aromatic carbocycles. The number of aryl methyl sites for hydroxylation is 1. The highest BCUT2D eigenvalue weighted by atomic mass is 35.5. The molecule has 1 N–H and O–H groups in total. The van der Waals surface area contributed by atoms with Gasteiger partial charge in [0.1, 0.15) is 10.8 Å². The Kier molecular flexibility index (Phi) is 5.78. The molecule has 1 atom stereocenters. The third kappa shape index (κ3) is 4.49.